The standard InChI is InChI=1S/C14H24O/c1-4-5-10(9-15)12-7-6-11-8-13(12)14(11,2)3/h9-13H,4-8H2,1-3H3. The van der Waals surface area contributed by atoms with Crippen LogP contribution in [0.25, 0.3) is 0 Å². The van der Waals surface area contributed by atoms with Crippen LogP contribution >= 0.6 is 0 Å². The zero-order chi connectivity index (χ0) is 11.1. The molecule has 0 radical (unpaired) electrons. The maximum Gasteiger partial charge on any atom is 0.123 e. The minimum atomic E-state index is 0.348. The molecular formula is C14H24O. The van der Waals surface area contributed by atoms with Gasteiger partial charge >= 0.3 is 0 Å². The molecule has 0 aliphatic heterocycles. The van der Waals surface area contributed by atoms with E-state index >= 15 is 0 Å². The Bertz CT molecular complexity index is 242. The van der Waals surface area contributed by atoms with Crippen molar-refractivity contribution in [2.45, 2.75) is 52.9 Å². The molecule has 0 N–H and O–H groups in total. The van der Waals surface area contributed by atoms with Gasteiger partial charge in [0, 0.05) is 5.92 Å². The van der Waals surface area contributed by atoms with Crippen LogP contribution in [0, 0.1) is 29.1 Å². The molecule has 4 unspecified atom stereocenters. The smallest absolute Gasteiger partial charge is 0.123 e. The van der Waals surface area contributed by atoms with Crippen LogP contribution in [-0.2, 0) is 4.79 Å². The van der Waals surface area contributed by atoms with Crippen LogP contribution < -0.4 is 0 Å². The third-order valence-corrected chi connectivity index (χ3v) is 5.26. The fourth-order valence-electron chi connectivity index (χ4n) is 4.10. The maximum absolute atomic E-state index is 11.2. The predicted octanol–water partition coefficient (Wildman–Crippen LogP) is 3.67. The van der Waals surface area contributed by atoms with E-state index in [0.29, 0.717) is 17.3 Å². The highest BCUT2D eigenvalue weighted by Crippen LogP contribution is 2.62. The Morgan fingerprint density at radius 3 is 2.60 bits per heavy atom. The Balaban J connectivity index is 2.06. The fourth-order valence-corrected chi connectivity index (χ4v) is 4.10. The van der Waals surface area contributed by atoms with Crippen LogP contribution in [0.1, 0.15) is 52.9 Å². The Labute approximate surface area is 93.6 Å². The van der Waals surface area contributed by atoms with Gasteiger partial charge in [0.1, 0.15) is 6.29 Å². The number of aldehydes is 1. The second kappa shape index (κ2) is 3.92. The molecule has 86 valence electrons. The van der Waals surface area contributed by atoms with Gasteiger partial charge in [-0.1, -0.05) is 27.2 Å². The van der Waals surface area contributed by atoms with Crippen molar-refractivity contribution in [2.75, 3.05) is 0 Å². The van der Waals surface area contributed by atoms with Crippen LogP contribution in [0.5, 0.6) is 0 Å². The lowest BCUT2D eigenvalue weighted by molar-refractivity contribution is -0.135. The molecule has 0 aromatic rings. The average molecular weight is 208 g/mol. The van der Waals surface area contributed by atoms with E-state index in [0.717, 1.165) is 24.7 Å². The van der Waals surface area contributed by atoms with E-state index in [1.165, 1.54) is 25.5 Å². The van der Waals surface area contributed by atoms with Crippen molar-refractivity contribution in [3.63, 3.8) is 0 Å². The van der Waals surface area contributed by atoms with Crippen LogP contribution in [0.2, 0.25) is 0 Å². The Hall–Kier alpha value is -0.330. The second-order valence-electron chi connectivity index (χ2n) is 6.19. The number of hydrogen-bond donors (Lipinski definition) is 0. The SMILES string of the molecule is CCCC(C=O)C1CCC2CC1C2(C)C. The molecule has 3 aliphatic carbocycles. The third-order valence-electron chi connectivity index (χ3n) is 5.26. The summed E-state index contributed by atoms with van der Waals surface area (Å²) in [6, 6.07) is 0. The van der Waals surface area contributed by atoms with E-state index in [1.807, 2.05) is 0 Å². The molecule has 2 bridgehead atoms. The van der Waals surface area contributed by atoms with Gasteiger partial charge < -0.3 is 4.79 Å². The number of rotatable bonds is 4. The molecule has 3 rings (SSSR count). The van der Waals surface area contributed by atoms with Gasteiger partial charge in [-0.15, -0.1) is 0 Å². The second-order valence-corrected chi connectivity index (χ2v) is 6.19. The van der Waals surface area contributed by atoms with Gasteiger partial charge in [-0.3, -0.25) is 0 Å². The summed E-state index contributed by atoms with van der Waals surface area (Å²) in [5.41, 5.74) is 0.526. The maximum atomic E-state index is 11.2. The molecule has 0 amide bonds. The molecule has 0 saturated heterocycles. The van der Waals surface area contributed by atoms with Crippen LogP contribution in [0.4, 0.5) is 0 Å². The quantitative estimate of drug-likeness (QED) is 0.644. The van der Waals surface area contributed by atoms with Crippen molar-refractivity contribution in [3.05, 3.63) is 0 Å². The van der Waals surface area contributed by atoms with Crippen molar-refractivity contribution in [2.24, 2.45) is 29.1 Å². The molecule has 3 saturated carbocycles. The van der Waals surface area contributed by atoms with Gasteiger partial charge in [-0.25, -0.2) is 0 Å². The number of hydrogen-bond acceptors (Lipinski definition) is 1. The van der Waals surface area contributed by atoms with E-state index in [1.54, 1.807) is 0 Å². The van der Waals surface area contributed by atoms with Gasteiger partial charge in [-0.2, -0.15) is 0 Å². The van der Waals surface area contributed by atoms with Crippen LogP contribution in [0.3, 0.4) is 0 Å². The lowest BCUT2D eigenvalue weighted by Gasteiger charge is -2.61. The van der Waals surface area contributed by atoms with Crippen LogP contribution in [-0.4, -0.2) is 6.29 Å². The Morgan fingerprint density at radius 1 is 1.40 bits per heavy atom. The summed E-state index contributed by atoms with van der Waals surface area (Å²) < 4.78 is 0. The summed E-state index contributed by atoms with van der Waals surface area (Å²) >= 11 is 0. The van der Waals surface area contributed by atoms with Crippen molar-refractivity contribution in [1.29, 1.82) is 0 Å². The number of carbonyl (C=O) groups excluding carboxylic acids is 1. The first-order valence-corrected chi connectivity index (χ1v) is 6.56. The third kappa shape index (κ3) is 1.64. The van der Waals surface area contributed by atoms with Gasteiger partial charge in [0.15, 0.2) is 0 Å². The fraction of sp³-hybridized carbons (Fsp3) is 0.929. The van der Waals surface area contributed by atoms with Crippen molar-refractivity contribution < 1.29 is 4.79 Å². The summed E-state index contributed by atoms with van der Waals surface area (Å²) in [6.45, 7) is 7.01. The van der Waals surface area contributed by atoms with Gasteiger partial charge in [0.2, 0.25) is 0 Å². The average Bonchev–Trinajstić information content (AvgIpc) is 2.25. The van der Waals surface area contributed by atoms with E-state index < -0.39 is 0 Å². The number of fused-ring (bicyclic) bond motifs is 2. The molecule has 15 heavy (non-hydrogen) atoms. The van der Waals surface area contributed by atoms with Crippen molar-refractivity contribution in [1.82, 2.24) is 0 Å². The Kier molecular flexibility index (Phi) is 2.92. The first-order valence-electron chi connectivity index (χ1n) is 6.56. The minimum absolute atomic E-state index is 0.348. The topological polar surface area (TPSA) is 17.1 Å². The zero-order valence-electron chi connectivity index (χ0n) is 10.3. The molecule has 0 aromatic carbocycles. The first-order chi connectivity index (χ1) is 7.11. The van der Waals surface area contributed by atoms with E-state index in [2.05, 4.69) is 20.8 Å². The van der Waals surface area contributed by atoms with Crippen molar-refractivity contribution >= 4 is 6.29 Å². The molecule has 1 nitrogen and oxygen atoms in total. The monoisotopic (exact) mass is 208 g/mol. The normalized spacial score (nSPS) is 39.3. The molecule has 1 heteroatoms. The highest BCUT2D eigenvalue weighted by atomic mass is 16.1. The van der Waals surface area contributed by atoms with Gasteiger partial charge in [-0.05, 0) is 48.9 Å². The molecule has 4 atom stereocenters. The van der Waals surface area contributed by atoms with E-state index in [4.69, 9.17) is 0 Å². The lowest BCUT2D eigenvalue weighted by atomic mass is 9.44. The molecular weight excluding hydrogens is 184 g/mol. The largest absolute Gasteiger partial charge is 0.303 e. The van der Waals surface area contributed by atoms with E-state index in [-0.39, 0.29) is 0 Å². The molecule has 3 fully saturated rings. The first kappa shape index (κ1) is 11.2. The minimum Gasteiger partial charge on any atom is -0.303 e. The lowest BCUT2D eigenvalue weighted by Crippen LogP contribution is -2.54. The summed E-state index contributed by atoms with van der Waals surface area (Å²) in [7, 11) is 0. The molecule has 0 heterocycles. The number of carbonyl (C=O) groups is 1. The van der Waals surface area contributed by atoms with Crippen LogP contribution in [0.15, 0.2) is 0 Å². The highest BCUT2D eigenvalue weighted by Gasteiger charge is 2.55. The summed E-state index contributed by atoms with van der Waals surface area (Å²) in [6.07, 6.45) is 7.56. The van der Waals surface area contributed by atoms with E-state index in [9.17, 15) is 4.79 Å². The summed E-state index contributed by atoms with van der Waals surface area (Å²) in [4.78, 5) is 11.2. The molecule has 0 spiro atoms. The highest BCUT2D eigenvalue weighted by molar-refractivity contribution is 5.54. The van der Waals surface area contributed by atoms with Gasteiger partial charge in [0.25, 0.3) is 0 Å². The summed E-state index contributed by atoms with van der Waals surface area (Å²) in [5.74, 6) is 2.83. The van der Waals surface area contributed by atoms with Crippen molar-refractivity contribution in [3.8, 4) is 0 Å². The van der Waals surface area contributed by atoms with Gasteiger partial charge in [0.05, 0.1) is 0 Å². The zero-order valence-corrected chi connectivity index (χ0v) is 10.3. The Morgan fingerprint density at radius 2 is 2.13 bits per heavy atom. The molecule has 3 aliphatic rings. The molecule has 0 aromatic heterocycles. The predicted molar refractivity (Wildman–Crippen MR) is 62.6 cm³/mol. The summed E-state index contributed by atoms with van der Waals surface area (Å²) in [5, 5.41) is 0.